The van der Waals surface area contributed by atoms with Crippen molar-refractivity contribution >= 4 is 11.8 Å². The molecule has 4 rings (SSSR count). The minimum atomic E-state index is -0.430. The van der Waals surface area contributed by atoms with Crippen molar-refractivity contribution in [2.75, 3.05) is 31.7 Å². The molecule has 34 heavy (non-hydrogen) atoms. The highest BCUT2D eigenvalue weighted by Gasteiger charge is 2.30. The van der Waals surface area contributed by atoms with Gasteiger partial charge in [0, 0.05) is 44.0 Å². The molecule has 0 aliphatic carbocycles. The number of anilines is 1. The van der Waals surface area contributed by atoms with Gasteiger partial charge in [-0.2, -0.15) is 0 Å². The summed E-state index contributed by atoms with van der Waals surface area (Å²) in [6.45, 7) is 4.39. The Morgan fingerprint density at radius 1 is 1.21 bits per heavy atom. The molecule has 1 atom stereocenters. The average Bonchev–Trinajstić information content (AvgIpc) is 3.27. The summed E-state index contributed by atoms with van der Waals surface area (Å²) in [7, 11) is 1.64. The fraction of sp³-hybridized carbons (Fsp3) is 0.407. The molecular weight excluding hydrogens is 433 g/mol. The van der Waals surface area contributed by atoms with Gasteiger partial charge in [0.15, 0.2) is 0 Å². The van der Waals surface area contributed by atoms with Gasteiger partial charge in [0.1, 0.15) is 11.5 Å². The summed E-state index contributed by atoms with van der Waals surface area (Å²) in [6, 6.07) is 16.0. The number of nitrogens with zero attached hydrogens (tertiary/aromatic N) is 3. The molecule has 1 saturated heterocycles. The van der Waals surface area contributed by atoms with Gasteiger partial charge in [0.25, 0.3) is 5.91 Å². The SMILES string of the molecule is COCCCN(Cc1c(-c2ccccc2)noc1N1CCCC[C@@H]1C)C(=O)c1cccc(F)c1. The van der Waals surface area contributed by atoms with E-state index in [1.807, 2.05) is 30.3 Å². The van der Waals surface area contributed by atoms with Crippen LogP contribution in [-0.4, -0.2) is 48.8 Å². The van der Waals surface area contributed by atoms with Gasteiger partial charge in [-0.15, -0.1) is 0 Å². The summed E-state index contributed by atoms with van der Waals surface area (Å²) in [5.41, 5.74) is 2.87. The molecule has 2 heterocycles. The van der Waals surface area contributed by atoms with Crippen LogP contribution in [0, 0.1) is 5.82 Å². The molecule has 180 valence electrons. The van der Waals surface area contributed by atoms with Crippen LogP contribution in [0.25, 0.3) is 11.3 Å². The Morgan fingerprint density at radius 2 is 2.03 bits per heavy atom. The first-order chi connectivity index (χ1) is 16.6. The summed E-state index contributed by atoms with van der Waals surface area (Å²) in [4.78, 5) is 17.5. The number of aromatic nitrogens is 1. The number of amides is 1. The number of ether oxygens (including phenoxy) is 1. The van der Waals surface area contributed by atoms with Crippen molar-refractivity contribution in [3.63, 3.8) is 0 Å². The van der Waals surface area contributed by atoms with Gasteiger partial charge in [-0.1, -0.05) is 41.6 Å². The predicted octanol–water partition coefficient (Wildman–Crippen LogP) is 5.54. The van der Waals surface area contributed by atoms with Crippen molar-refractivity contribution in [1.82, 2.24) is 10.1 Å². The lowest BCUT2D eigenvalue weighted by molar-refractivity contribution is 0.0723. The monoisotopic (exact) mass is 465 g/mol. The zero-order chi connectivity index (χ0) is 23.9. The van der Waals surface area contributed by atoms with Crippen molar-refractivity contribution < 1.29 is 18.4 Å². The quantitative estimate of drug-likeness (QED) is 0.389. The highest BCUT2D eigenvalue weighted by atomic mass is 19.1. The van der Waals surface area contributed by atoms with Crippen LogP contribution >= 0.6 is 0 Å². The number of rotatable bonds is 9. The molecule has 0 saturated carbocycles. The van der Waals surface area contributed by atoms with E-state index in [1.54, 1.807) is 24.1 Å². The van der Waals surface area contributed by atoms with E-state index >= 15 is 0 Å². The zero-order valence-corrected chi connectivity index (χ0v) is 19.9. The smallest absolute Gasteiger partial charge is 0.254 e. The van der Waals surface area contributed by atoms with Crippen molar-refractivity contribution in [1.29, 1.82) is 0 Å². The summed E-state index contributed by atoms with van der Waals surface area (Å²) in [6.07, 6.45) is 4.03. The lowest BCUT2D eigenvalue weighted by Crippen LogP contribution is -2.38. The number of piperidine rings is 1. The minimum Gasteiger partial charge on any atom is -0.385 e. The Balaban J connectivity index is 1.72. The largest absolute Gasteiger partial charge is 0.385 e. The number of carbonyl (C=O) groups excluding carboxylic acids is 1. The van der Waals surface area contributed by atoms with E-state index < -0.39 is 5.82 Å². The Morgan fingerprint density at radius 3 is 2.76 bits per heavy atom. The molecule has 0 spiro atoms. The molecule has 6 nitrogen and oxygen atoms in total. The third-order valence-corrected chi connectivity index (χ3v) is 6.36. The third-order valence-electron chi connectivity index (χ3n) is 6.36. The van der Waals surface area contributed by atoms with Crippen LogP contribution in [0.3, 0.4) is 0 Å². The van der Waals surface area contributed by atoms with E-state index in [2.05, 4.69) is 17.0 Å². The van der Waals surface area contributed by atoms with E-state index in [-0.39, 0.29) is 5.91 Å². The van der Waals surface area contributed by atoms with Crippen LogP contribution < -0.4 is 4.90 Å². The van der Waals surface area contributed by atoms with Gasteiger partial charge >= 0.3 is 0 Å². The standard InChI is InChI=1S/C27H32FN3O3/c1-20-10-6-7-16-31(20)27-24(25(29-34-27)21-11-4-3-5-12-21)19-30(15-9-17-33-2)26(32)22-13-8-14-23(28)18-22/h3-5,8,11-14,18,20H,6-7,9-10,15-17,19H2,1-2H3/t20-/m0/s1. The van der Waals surface area contributed by atoms with Gasteiger partial charge in [-0.25, -0.2) is 4.39 Å². The summed E-state index contributed by atoms with van der Waals surface area (Å²) >= 11 is 0. The molecule has 0 bridgehead atoms. The molecule has 3 aromatic rings. The van der Waals surface area contributed by atoms with Crippen LogP contribution in [0.2, 0.25) is 0 Å². The lowest BCUT2D eigenvalue weighted by atomic mass is 10.0. The molecule has 0 N–H and O–H groups in total. The van der Waals surface area contributed by atoms with Gasteiger partial charge in [-0.3, -0.25) is 4.79 Å². The van der Waals surface area contributed by atoms with Crippen molar-refractivity contribution in [2.45, 2.75) is 45.2 Å². The van der Waals surface area contributed by atoms with E-state index in [9.17, 15) is 9.18 Å². The fourth-order valence-corrected chi connectivity index (χ4v) is 4.54. The molecule has 1 amide bonds. The van der Waals surface area contributed by atoms with Gasteiger partial charge in [0.2, 0.25) is 5.88 Å². The maximum absolute atomic E-state index is 13.9. The summed E-state index contributed by atoms with van der Waals surface area (Å²) in [5.74, 6) is 0.0590. The first-order valence-electron chi connectivity index (χ1n) is 11.9. The van der Waals surface area contributed by atoms with Gasteiger partial charge in [-0.05, 0) is 50.8 Å². The zero-order valence-electron chi connectivity index (χ0n) is 19.9. The van der Waals surface area contributed by atoms with Crippen molar-refractivity contribution in [2.24, 2.45) is 0 Å². The minimum absolute atomic E-state index is 0.228. The topological polar surface area (TPSA) is 58.8 Å². The van der Waals surface area contributed by atoms with Crippen LogP contribution in [0.4, 0.5) is 10.3 Å². The van der Waals surface area contributed by atoms with Crippen LogP contribution in [0.1, 0.15) is 48.5 Å². The van der Waals surface area contributed by atoms with Crippen LogP contribution in [-0.2, 0) is 11.3 Å². The van der Waals surface area contributed by atoms with E-state index in [0.29, 0.717) is 37.7 Å². The maximum atomic E-state index is 13.9. The number of carbonyl (C=O) groups is 1. The molecule has 1 fully saturated rings. The van der Waals surface area contributed by atoms with Gasteiger partial charge in [0.05, 0.1) is 12.1 Å². The van der Waals surface area contributed by atoms with Crippen LogP contribution in [0.5, 0.6) is 0 Å². The Hall–Kier alpha value is -3.19. The highest BCUT2D eigenvalue weighted by molar-refractivity contribution is 5.94. The first-order valence-corrected chi connectivity index (χ1v) is 11.9. The van der Waals surface area contributed by atoms with E-state index in [1.165, 1.54) is 18.6 Å². The molecular formula is C27H32FN3O3. The molecule has 0 unspecified atom stereocenters. The Bertz CT molecular complexity index is 1090. The highest BCUT2D eigenvalue weighted by Crippen LogP contribution is 2.35. The Labute approximate surface area is 200 Å². The second-order valence-corrected chi connectivity index (χ2v) is 8.80. The lowest BCUT2D eigenvalue weighted by Gasteiger charge is -2.34. The number of hydrogen-bond acceptors (Lipinski definition) is 5. The second-order valence-electron chi connectivity index (χ2n) is 8.80. The molecule has 1 aromatic heterocycles. The second kappa shape index (κ2) is 11.3. The number of halogens is 1. The number of hydrogen-bond donors (Lipinski definition) is 0. The third kappa shape index (κ3) is 5.47. The Kier molecular flexibility index (Phi) is 7.95. The van der Waals surface area contributed by atoms with Crippen LogP contribution in [0.15, 0.2) is 59.1 Å². The maximum Gasteiger partial charge on any atom is 0.254 e. The fourth-order valence-electron chi connectivity index (χ4n) is 4.54. The van der Waals surface area contributed by atoms with Crippen molar-refractivity contribution in [3.05, 3.63) is 71.5 Å². The molecule has 0 radical (unpaired) electrons. The molecule has 1 aliphatic rings. The molecule has 1 aliphatic heterocycles. The number of benzene rings is 2. The molecule has 7 heteroatoms. The average molecular weight is 466 g/mol. The summed E-state index contributed by atoms with van der Waals surface area (Å²) < 4.78 is 25.1. The van der Waals surface area contributed by atoms with E-state index in [0.717, 1.165) is 42.1 Å². The van der Waals surface area contributed by atoms with Gasteiger partial charge < -0.3 is 19.1 Å². The number of methoxy groups -OCH3 is 1. The first kappa shape index (κ1) is 24.0. The predicted molar refractivity (Wildman–Crippen MR) is 130 cm³/mol. The van der Waals surface area contributed by atoms with E-state index in [4.69, 9.17) is 9.26 Å². The molecule has 2 aromatic carbocycles. The van der Waals surface area contributed by atoms with Crippen molar-refractivity contribution in [3.8, 4) is 11.3 Å². The summed E-state index contributed by atoms with van der Waals surface area (Å²) in [5, 5.41) is 4.45. The normalized spacial score (nSPS) is 16.0.